The van der Waals surface area contributed by atoms with Crippen molar-refractivity contribution in [3.8, 4) is 0 Å². The van der Waals surface area contributed by atoms with E-state index in [1.54, 1.807) is 28.7 Å². The Kier molecular flexibility index (Phi) is 6.22. The molecule has 0 bridgehead atoms. The summed E-state index contributed by atoms with van der Waals surface area (Å²) in [6.45, 7) is 2.20. The van der Waals surface area contributed by atoms with E-state index in [0.29, 0.717) is 12.5 Å². The van der Waals surface area contributed by atoms with E-state index in [4.69, 9.17) is 4.98 Å². The molecule has 2 aromatic heterocycles. The van der Waals surface area contributed by atoms with Gasteiger partial charge in [-0.05, 0) is 43.2 Å². The number of rotatable bonds is 7. The largest absolute Gasteiger partial charge is 0.355 e. The summed E-state index contributed by atoms with van der Waals surface area (Å²) in [5.74, 6) is 0.837. The van der Waals surface area contributed by atoms with Crippen molar-refractivity contribution in [3.63, 3.8) is 0 Å². The highest BCUT2D eigenvalue weighted by molar-refractivity contribution is 7.10. The van der Waals surface area contributed by atoms with Crippen molar-refractivity contribution in [1.29, 1.82) is 0 Å². The number of carbonyl (C=O) groups excluding carboxylic acids is 2. The van der Waals surface area contributed by atoms with Gasteiger partial charge >= 0.3 is 0 Å². The Labute approximate surface area is 173 Å². The molecule has 2 amide bonds. The lowest BCUT2D eigenvalue weighted by Crippen LogP contribution is -2.38. The maximum Gasteiger partial charge on any atom is 0.246 e. The van der Waals surface area contributed by atoms with Gasteiger partial charge in [0.25, 0.3) is 0 Å². The molecule has 28 heavy (non-hydrogen) atoms. The highest BCUT2D eigenvalue weighted by Crippen LogP contribution is 2.30. The standard InChI is InChI=1S/C21H25N3O2S2/c25-19(8-7-18-4-2-12-27-18)24-11-1-3-16(13-24)21-23-17(14-28-21)9-10-22-20(26)15-5-6-15/h2,4,7-8,12,14-16H,1,3,5-6,9-11,13H2,(H,22,26)/b8-7+/t16-/m0/s1. The summed E-state index contributed by atoms with van der Waals surface area (Å²) in [6, 6.07) is 4.00. The number of thiophene rings is 1. The Balaban J connectivity index is 1.28. The second-order valence-electron chi connectivity index (χ2n) is 7.46. The number of nitrogens with zero attached hydrogens (tertiary/aromatic N) is 2. The summed E-state index contributed by atoms with van der Waals surface area (Å²) in [6.07, 6.45) is 8.50. The van der Waals surface area contributed by atoms with Crippen molar-refractivity contribution >= 4 is 40.6 Å². The summed E-state index contributed by atoms with van der Waals surface area (Å²) >= 11 is 3.31. The number of hydrogen-bond donors (Lipinski definition) is 1. The SMILES string of the molecule is O=C(NCCc1csc([C@H]2CCCN(C(=O)/C=C/c3cccs3)C2)n1)C1CC1. The van der Waals surface area contributed by atoms with Gasteiger partial charge in [0.15, 0.2) is 0 Å². The summed E-state index contributed by atoms with van der Waals surface area (Å²) in [5, 5.41) is 8.22. The summed E-state index contributed by atoms with van der Waals surface area (Å²) in [4.78, 5) is 32.1. The fraction of sp³-hybridized carbons (Fsp3) is 0.476. The lowest BCUT2D eigenvalue weighted by Gasteiger charge is -2.31. The molecule has 0 spiro atoms. The second-order valence-corrected chi connectivity index (χ2v) is 9.33. The van der Waals surface area contributed by atoms with Crippen LogP contribution in [0.4, 0.5) is 0 Å². The molecule has 0 aromatic carbocycles. The molecule has 2 aliphatic rings. The van der Waals surface area contributed by atoms with Gasteiger partial charge in [0.1, 0.15) is 0 Å². The molecule has 1 N–H and O–H groups in total. The van der Waals surface area contributed by atoms with Crippen LogP contribution in [0.2, 0.25) is 0 Å². The molecule has 1 saturated carbocycles. The van der Waals surface area contributed by atoms with Crippen LogP contribution in [-0.2, 0) is 16.0 Å². The number of likely N-dealkylation sites (tertiary alicyclic amines) is 1. The van der Waals surface area contributed by atoms with Crippen LogP contribution in [0, 0.1) is 5.92 Å². The molecule has 3 heterocycles. The van der Waals surface area contributed by atoms with E-state index >= 15 is 0 Å². The molecule has 0 unspecified atom stereocenters. The van der Waals surface area contributed by atoms with E-state index in [9.17, 15) is 9.59 Å². The van der Waals surface area contributed by atoms with Crippen LogP contribution in [0.15, 0.2) is 29.0 Å². The highest BCUT2D eigenvalue weighted by atomic mass is 32.1. The summed E-state index contributed by atoms with van der Waals surface area (Å²) in [7, 11) is 0. The minimum atomic E-state index is 0.0812. The fourth-order valence-corrected chi connectivity index (χ4v) is 5.05. The lowest BCUT2D eigenvalue weighted by molar-refractivity contribution is -0.127. The maximum absolute atomic E-state index is 12.5. The van der Waals surface area contributed by atoms with Gasteiger partial charge in [-0.25, -0.2) is 4.98 Å². The second kappa shape index (κ2) is 9.01. The van der Waals surface area contributed by atoms with Gasteiger partial charge in [0.2, 0.25) is 11.8 Å². The first-order valence-electron chi connectivity index (χ1n) is 9.91. The van der Waals surface area contributed by atoms with E-state index in [1.165, 1.54) is 0 Å². The topological polar surface area (TPSA) is 62.3 Å². The number of nitrogens with one attached hydrogen (secondary N) is 1. The number of aromatic nitrogens is 1. The van der Waals surface area contributed by atoms with Crippen molar-refractivity contribution in [1.82, 2.24) is 15.2 Å². The predicted molar refractivity (Wildman–Crippen MR) is 113 cm³/mol. The van der Waals surface area contributed by atoms with E-state index < -0.39 is 0 Å². The van der Waals surface area contributed by atoms with Gasteiger partial charge in [0.05, 0.1) is 10.7 Å². The van der Waals surface area contributed by atoms with Crippen LogP contribution in [0.5, 0.6) is 0 Å². The van der Waals surface area contributed by atoms with Gasteiger partial charge < -0.3 is 10.2 Å². The van der Waals surface area contributed by atoms with Crippen molar-refractivity contribution < 1.29 is 9.59 Å². The maximum atomic E-state index is 12.5. The van der Waals surface area contributed by atoms with E-state index in [1.807, 2.05) is 28.5 Å². The first-order valence-corrected chi connectivity index (χ1v) is 11.7. The van der Waals surface area contributed by atoms with Crippen LogP contribution in [-0.4, -0.2) is 41.3 Å². The number of carbonyl (C=O) groups is 2. The molecule has 0 radical (unpaired) electrons. The third kappa shape index (κ3) is 5.08. The fourth-order valence-electron chi connectivity index (χ4n) is 3.45. The number of amides is 2. The van der Waals surface area contributed by atoms with Crippen LogP contribution in [0.1, 0.15) is 47.2 Å². The van der Waals surface area contributed by atoms with Gasteiger partial charge in [-0.15, -0.1) is 22.7 Å². The minimum absolute atomic E-state index is 0.0812. The van der Waals surface area contributed by atoms with Crippen molar-refractivity contribution in [2.24, 2.45) is 5.92 Å². The zero-order valence-electron chi connectivity index (χ0n) is 15.8. The Hall–Kier alpha value is -1.99. The Morgan fingerprint density at radius 1 is 1.29 bits per heavy atom. The van der Waals surface area contributed by atoms with Crippen molar-refractivity contribution in [3.05, 3.63) is 44.5 Å². The molecule has 2 aromatic rings. The number of hydrogen-bond acceptors (Lipinski definition) is 5. The zero-order valence-corrected chi connectivity index (χ0v) is 17.4. The van der Waals surface area contributed by atoms with E-state index in [-0.39, 0.29) is 17.7 Å². The van der Waals surface area contributed by atoms with E-state index in [2.05, 4.69) is 10.7 Å². The monoisotopic (exact) mass is 415 g/mol. The summed E-state index contributed by atoms with van der Waals surface area (Å²) in [5.41, 5.74) is 1.04. The lowest BCUT2D eigenvalue weighted by atomic mass is 9.98. The zero-order chi connectivity index (χ0) is 19.3. The molecular formula is C21H25N3O2S2. The molecule has 1 aliphatic heterocycles. The highest BCUT2D eigenvalue weighted by Gasteiger charge is 2.29. The Morgan fingerprint density at radius 3 is 2.96 bits per heavy atom. The molecule has 148 valence electrons. The molecule has 7 heteroatoms. The summed E-state index contributed by atoms with van der Waals surface area (Å²) < 4.78 is 0. The third-order valence-corrected chi connectivity index (χ3v) is 7.11. The molecular weight excluding hydrogens is 390 g/mol. The molecule has 1 atom stereocenters. The smallest absolute Gasteiger partial charge is 0.246 e. The number of piperidine rings is 1. The van der Waals surface area contributed by atoms with Crippen molar-refractivity contribution in [2.45, 2.75) is 38.0 Å². The van der Waals surface area contributed by atoms with Gasteiger partial charge in [-0.3, -0.25) is 9.59 Å². The number of thiazole rings is 1. The first-order chi connectivity index (χ1) is 13.7. The minimum Gasteiger partial charge on any atom is -0.355 e. The average Bonchev–Trinajstić information content (AvgIpc) is 3.24. The third-order valence-electron chi connectivity index (χ3n) is 5.21. The first kappa shape index (κ1) is 19.3. The molecule has 4 rings (SSSR count). The Morgan fingerprint density at radius 2 is 2.18 bits per heavy atom. The van der Waals surface area contributed by atoms with Gasteiger partial charge in [0, 0.05) is 54.2 Å². The predicted octanol–water partition coefficient (Wildman–Crippen LogP) is 3.69. The van der Waals surface area contributed by atoms with Crippen molar-refractivity contribution in [2.75, 3.05) is 19.6 Å². The average molecular weight is 416 g/mol. The Bertz CT molecular complexity index is 840. The van der Waals surface area contributed by atoms with Gasteiger partial charge in [-0.2, -0.15) is 0 Å². The molecule has 2 fully saturated rings. The van der Waals surface area contributed by atoms with E-state index in [0.717, 1.165) is 60.8 Å². The normalized spacial score (nSPS) is 19.9. The molecule has 1 saturated heterocycles. The molecule has 5 nitrogen and oxygen atoms in total. The van der Waals surface area contributed by atoms with Crippen LogP contribution >= 0.6 is 22.7 Å². The van der Waals surface area contributed by atoms with Crippen LogP contribution in [0.3, 0.4) is 0 Å². The van der Waals surface area contributed by atoms with Crippen LogP contribution in [0.25, 0.3) is 6.08 Å². The van der Waals surface area contributed by atoms with Gasteiger partial charge in [-0.1, -0.05) is 6.07 Å². The quantitative estimate of drug-likeness (QED) is 0.702. The van der Waals surface area contributed by atoms with Crippen LogP contribution < -0.4 is 5.32 Å². The molecule has 1 aliphatic carbocycles.